The molecule has 0 aliphatic rings. The molecule has 2 amide bonds. The van der Waals surface area contributed by atoms with Crippen LogP contribution >= 0.6 is 0 Å². The number of carbonyl (C=O) groups is 2. The zero-order valence-electron chi connectivity index (χ0n) is 21.7. The first-order valence-electron chi connectivity index (χ1n) is 11.9. The molecule has 0 fully saturated rings. The molecule has 2 heterocycles. The third-order valence-electron chi connectivity index (χ3n) is 6.43. The van der Waals surface area contributed by atoms with E-state index in [1.807, 2.05) is 37.3 Å². The molecule has 11 nitrogen and oxygen atoms in total. The number of amides is 2. The number of aromatic nitrogens is 3. The molecular weight excluding hydrogens is 500 g/mol. The van der Waals surface area contributed by atoms with Gasteiger partial charge < -0.3 is 19.8 Å². The fourth-order valence-electron chi connectivity index (χ4n) is 4.49. The van der Waals surface area contributed by atoms with Crippen LogP contribution in [0.25, 0.3) is 0 Å². The van der Waals surface area contributed by atoms with Crippen molar-refractivity contribution in [2.24, 2.45) is 7.05 Å². The maximum absolute atomic E-state index is 13.0. The Morgan fingerprint density at radius 2 is 1.90 bits per heavy atom. The molecule has 0 aliphatic carbocycles. The second-order valence-corrected chi connectivity index (χ2v) is 9.19. The summed E-state index contributed by atoms with van der Waals surface area (Å²) in [6.07, 6.45) is 2.46. The van der Waals surface area contributed by atoms with E-state index >= 15 is 0 Å². The molecule has 39 heavy (non-hydrogen) atoms. The lowest BCUT2D eigenvalue weighted by Crippen LogP contribution is -2.29. The van der Waals surface area contributed by atoms with Gasteiger partial charge in [0.2, 0.25) is 5.75 Å². The summed E-state index contributed by atoms with van der Waals surface area (Å²) >= 11 is 0. The van der Waals surface area contributed by atoms with Crippen molar-refractivity contribution in [3.8, 4) is 11.8 Å². The van der Waals surface area contributed by atoms with Crippen LogP contribution < -0.4 is 10.9 Å². The molecule has 198 valence electrons. The van der Waals surface area contributed by atoms with E-state index in [4.69, 9.17) is 4.52 Å². The second-order valence-electron chi connectivity index (χ2n) is 9.19. The van der Waals surface area contributed by atoms with E-state index in [0.29, 0.717) is 11.1 Å². The Bertz CT molecular complexity index is 1620. The van der Waals surface area contributed by atoms with Gasteiger partial charge in [0, 0.05) is 38.5 Å². The van der Waals surface area contributed by atoms with E-state index in [-0.39, 0.29) is 23.0 Å². The number of anilines is 1. The van der Waals surface area contributed by atoms with Gasteiger partial charge in [-0.15, -0.1) is 0 Å². The van der Waals surface area contributed by atoms with Crippen LogP contribution in [0, 0.1) is 11.3 Å². The molecule has 0 saturated heterocycles. The van der Waals surface area contributed by atoms with Crippen LogP contribution in [0.3, 0.4) is 0 Å². The van der Waals surface area contributed by atoms with Crippen molar-refractivity contribution < 1.29 is 19.2 Å². The van der Waals surface area contributed by atoms with E-state index < -0.39 is 34.7 Å². The largest absolute Gasteiger partial charge is 0.501 e. The average Bonchev–Trinajstić information content (AvgIpc) is 3.45. The van der Waals surface area contributed by atoms with E-state index in [0.717, 1.165) is 5.56 Å². The number of nitriles is 1. The third kappa shape index (κ3) is 5.26. The summed E-state index contributed by atoms with van der Waals surface area (Å²) in [7, 11) is 4.71. The van der Waals surface area contributed by atoms with Crippen LogP contribution in [-0.2, 0) is 7.05 Å². The van der Waals surface area contributed by atoms with Gasteiger partial charge in [0.05, 0.1) is 17.8 Å². The molecule has 2 aromatic heterocycles. The Balaban J connectivity index is 1.87. The van der Waals surface area contributed by atoms with E-state index in [9.17, 15) is 24.8 Å². The molecule has 2 N–H and O–H groups in total. The van der Waals surface area contributed by atoms with Crippen molar-refractivity contribution in [2.75, 3.05) is 19.4 Å². The summed E-state index contributed by atoms with van der Waals surface area (Å²) in [5, 5.41) is 26.5. The highest BCUT2D eigenvalue weighted by atomic mass is 16.5. The van der Waals surface area contributed by atoms with E-state index in [2.05, 4.69) is 21.5 Å². The number of carbonyl (C=O) groups excluding carboxylic acids is 2. The number of nitrogens with one attached hydrogen (secondary N) is 1. The Hall–Kier alpha value is -5.24. The highest BCUT2D eigenvalue weighted by Crippen LogP contribution is 2.39. The van der Waals surface area contributed by atoms with Crippen LogP contribution in [0.15, 0.2) is 70.3 Å². The highest BCUT2D eigenvalue weighted by Gasteiger charge is 2.31. The van der Waals surface area contributed by atoms with E-state index in [1.54, 1.807) is 32.3 Å². The molecule has 2 aromatic carbocycles. The molecular formula is C28H26N6O5. The quantitative estimate of drug-likeness (QED) is 0.372. The number of aromatic hydroxyl groups is 1. The Morgan fingerprint density at radius 3 is 2.51 bits per heavy atom. The van der Waals surface area contributed by atoms with Gasteiger partial charge in [-0.25, -0.2) is 4.98 Å². The lowest BCUT2D eigenvalue weighted by atomic mass is 9.79. The first-order chi connectivity index (χ1) is 18.6. The van der Waals surface area contributed by atoms with Crippen molar-refractivity contribution >= 4 is 17.5 Å². The van der Waals surface area contributed by atoms with Crippen molar-refractivity contribution in [1.82, 2.24) is 19.6 Å². The number of nitrogens with zero attached hydrogens (tertiary/aromatic N) is 5. The molecule has 0 unspecified atom stereocenters. The topological polar surface area (TPSA) is 154 Å². The van der Waals surface area contributed by atoms with Crippen molar-refractivity contribution in [2.45, 2.75) is 18.8 Å². The molecule has 0 spiro atoms. The third-order valence-corrected chi connectivity index (χ3v) is 6.43. The van der Waals surface area contributed by atoms with Gasteiger partial charge in [0.25, 0.3) is 17.4 Å². The molecule has 11 heteroatoms. The van der Waals surface area contributed by atoms with Gasteiger partial charge in [-0.2, -0.15) is 5.26 Å². The summed E-state index contributed by atoms with van der Waals surface area (Å²) in [6, 6.07) is 16.5. The SMILES string of the molecule is C[C@H](c1nc(C(=O)Nc2cnoc2)c(O)c(=O)n1C)[C@@H](c1ccccc1)c1ccc(C(=O)N(C)C)cc1C#N. The maximum atomic E-state index is 13.0. The molecule has 0 radical (unpaired) electrons. The predicted octanol–water partition coefficient (Wildman–Crippen LogP) is 3.24. The standard InChI is InChI=1S/C28H26N6O5/c1-16(25-32-23(24(35)28(38)34(25)4)26(36)31-20-14-30-39-15-20)22(17-8-6-5-7-9-17)21-11-10-18(12-19(21)13-29)27(37)33(2)3/h5-12,14-16,22,35H,1-4H3,(H,31,36)/t16-,22-/m0/s1. The van der Waals surface area contributed by atoms with Crippen LogP contribution in [0.2, 0.25) is 0 Å². The Kier molecular flexibility index (Phi) is 7.58. The average molecular weight is 527 g/mol. The van der Waals surface area contributed by atoms with Gasteiger partial charge in [-0.1, -0.05) is 48.5 Å². The van der Waals surface area contributed by atoms with Crippen LogP contribution in [0.4, 0.5) is 5.69 Å². The van der Waals surface area contributed by atoms with Gasteiger partial charge in [-0.3, -0.25) is 19.0 Å². The minimum absolute atomic E-state index is 0.208. The number of rotatable bonds is 7. The molecule has 0 saturated carbocycles. The summed E-state index contributed by atoms with van der Waals surface area (Å²) in [6.45, 7) is 1.82. The molecule has 4 rings (SSSR count). The number of benzene rings is 2. The normalized spacial score (nSPS) is 12.3. The van der Waals surface area contributed by atoms with E-state index in [1.165, 1.54) is 29.0 Å². The fourth-order valence-corrected chi connectivity index (χ4v) is 4.49. The summed E-state index contributed by atoms with van der Waals surface area (Å²) in [5.74, 6) is -2.71. The highest BCUT2D eigenvalue weighted by molar-refractivity contribution is 6.04. The minimum atomic E-state index is -0.817. The molecule has 0 bridgehead atoms. The lowest BCUT2D eigenvalue weighted by Gasteiger charge is -2.27. The van der Waals surface area contributed by atoms with Gasteiger partial charge >= 0.3 is 0 Å². The predicted molar refractivity (Wildman–Crippen MR) is 141 cm³/mol. The van der Waals surface area contributed by atoms with Crippen LogP contribution in [0.5, 0.6) is 5.75 Å². The molecule has 0 aliphatic heterocycles. The lowest BCUT2D eigenvalue weighted by molar-refractivity contribution is 0.0827. The minimum Gasteiger partial charge on any atom is -0.501 e. The number of hydrogen-bond donors (Lipinski definition) is 2. The smallest absolute Gasteiger partial charge is 0.296 e. The molecule has 2 atom stereocenters. The van der Waals surface area contributed by atoms with Crippen LogP contribution in [-0.4, -0.2) is 50.6 Å². The fraction of sp³-hybridized carbons (Fsp3) is 0.214. The van der Waals surface area contributed by atoms with Gasteiger partial charge in [0.15, 0.2) is 5.69 Å². The second kappa shape index (κ2) is 11.0. The monoisotopic (exact) mass is 526 g/mol. The van der Waals surface area contributed by atoms with Gasteiger partial charge in [0.1, 0.15) is 17.8 Å². The van der Waals surface area contributed by atoms with Crippen molar-refractivity contribution in [3.63, 3.8) is 0 Å². The zero-order valence-corrected chi connectivity index (χ0v) is 21.7. The maximum Gasteiger partial charge on any atom is 0.296 e. The zero-order chi connectivity index (χ0) is 28.3. The van der Waals surface area contributed by atoms with Gasteiger partial charge in [-0.05, 0) is 23.3 Å². The Labute approximate surface area is 223 Å². The Morgan fingerprint density at radius 1 is 1.18 bits per heavy atom. The molecule has 4 aromatic rings. The van der Waals surface area contributed by atoms with Crippen molar-refractivity contribution in [3.05, 3.63) is 105 Å². The first kappa shape index (κ1) is 26.8. The summed E-state index contributed by atoms with van der Waals surface area (Å²) in [5.41, 5.74) is 1.06. The van der Waals surface area contributed by atoms with Crippen molar-refractivity contribution in [1.29, 1.82) is 5.26 Å². The first-order valence-corrected chi connectivity index (χ1v) is 11.9. The van der Waals surface area contributed by atoms with Crippen LogP contribution in [0.1, 0.15) is 62.1 Å². The summed E-state index contributed by atoms with van der Waals surface area (Å²) in [4.78, 5) is 44.3. The summed E-state index contributed by atoms with van der Waals surface area (Å²) < 4.78 is 5.89. The number of hydrogen-bond acceptors (Lipinski definition) is 8.